The molecule has 6 aromatic carbocycles. The van der Waals surface area contributed by atoms with Crippen molar-refractivity contribution in [2.24, 2.45) is 0 Å². The Balaban J connectivity index is 0.000000106. The summed E-state index contributed by atoms with van der Waals surface area (Å²) >= 11 is 24.6. The Labute approximate surface area is 810 Å². The maximum absolute atomic E-state index is 12.5. The second kappa shape index (κ2) is 41.1. The summed E-state index contributed by atoms with van der Waals surface area (Å²) < 4.78 is 57.2. The summed E-state index contributed by atoms with van der Waals surface area (Å²) in [6.45, 7) is 4.25. The van der Waals surface area contributed by atoms with Crippen LogP contribution in [-0.4, -0.2) is 131 Å². The van der Waals surface area contributed by atoms with Crippen LogP contribution >= 0.6 is 46.4 Å². The topological polar surface area (TPSA) is 277 Å². The molecule has 0 saturated carbocycles. The molecule has 678 valence electrons. The lowest BCUT2D eigenvalue weighted by Gasteiger charge is -2.12. The highest BCUT2D eigenvalue weighted by molar-refractivity contribution is 6.36. The SMILES string of the molecule is COc1cccc(-c2ncccc2-c2ccc3ncnn3c2)c1.Cc1ccc(-c2ncccc2-c2ccc3ncnn3c2)cc1C.Clc1cc(Cl)cc(-c2ncccc2-c2ccc3ncnn3c2)c1.Clc1ccc(-c2ncccc2-c2ccc3ncnn3c2)c(Cl)c1.FC(F)(F)Oc1cccc(-c2ncccc2-c2ccc3ncnn3c2)c1.c1ccc(-c2ncccc2-c2ccc3ncnn3c2)cc1. The van der Waals surface area contributed by atoms with Crippen LogP contribution in [0.25, 0.3) is 168 Å². The molecule has 0 spiro atoms. The third-order valence-electron chi connectivity index (χ3n) is 22.2. The number of nitrogens with zero attached hydrogens (tertiary/aromatic N) is 24. The second-order valence-corrected chi connectivity index (χ2v) is 32.8. The standard InChI is InChI=1S/C19H16N4.C18H11F3N4O.C18H14N4O.2C17H10Cl2N4.C17H12N4/c1-13-5-6-15(10-14(13)2)19-17(4-3-9-20-19)16-7-8-18-21-12-22-23(18)11-16;19-18(20,21)26-14-4-1-3-12(9-14)17-15(5-2-8-22-17)13-6-7-16-23-11-24-25(16)10-13;1-23-15-5-2-4-13(10-15)18-16(6-3-9-19-18)14-7-8-17-20-12-21-22(17)11-14;18-12-4-5-14(15(19)8-12)17-13(2-1-7-20-17)11-3-6-16-21-10-22-23(16)9-11;18-13-6-12(7-14(19)8-13)17-15(2-1-5-20-17)11-3-4-16-21-10-22-23(16)9-11;1-2-5-13(6-3-1)17-15(7-4-10-18-17)14-8-9-16-19-12-20-21(16)11-14/h3-12H,1-2H3;1-11H;2-12H,1H3;2*1-10H;1-12H. The van der Waals surface area contributed by atoms with E-state index in [0.29, 0.717) is 37.0 Å². The maximum Gasteiger partial charge on any atom is 0.573 e. The summed E-state index contributed by atoms with van der Waals surface area (Å²) in [7, 11) is 1.66. The quantitative estimate of drug-likeness (QED) is 0.0978. The van der Waals surface area contributed by atoms with E-state index in [2.05, 4.69) is 164 Å². The van der Waals surface area contributed by atoms with Gasteiger partial charge in [-0.05, 0) is 201 Å². The predicted molar refractivity (Wildman–Crippen MR) is 533 cm³/mol. The van der Waals surface area contributed by atoms with E-state index in [1.165, 1.54) is 48.3 Å². The number of benzene rings is 6. The minimum atomic E-state index is -4.75. The molecule has 139 heavy (non-hydrogen) atoms. The molecule has 0 atom stereocenters. The number of pyridine rings is 12. The lowest BCUT2D eigenvalue weighted by Crippen LogP contribution is -2.17. The number of hydrogen-bond acceptors (Lipinski definition) is 20. The van der Waals surface area contributed by atoms with Gasteiger partial charge in [0.25, 0.3) is 0 Å². The fraction of sp³-hybridized carbons (Fsp3) is 0.0377. The number of fused-ring (bicyclic) bond motifs is 6. The van der Waals surface area contributed by atoms with Crippen molar-refractivity contribution in [3.63, 3.8) is 0 Å². The van der Waals surface area contributed by atoms with Gasteiger partial charge < -0.3 is 9.47 Å². The number of halogens is 7. The van der Waals surface area contributed by atoms with Crippen molar-refractivity contribution < 1.29 is 22.6 Å². The molecule has 0 unspecified atom stereocenters. The highest BCUT2D eigenvalue weighted by atomic mass is 35.5. The van der Waals surface area contributed by atoms with Crippen LogP contribution in [-0.2, 0) is 0 Å². The highest BCUT2D eigenvalue weighted by Crippen LogP contribution is 2.41. The largest absolute Gasteiger partial charge is 0.573 e. The summed E-state index contributed by atoms with van der Waals surface area (Å²) in [6.07, 6.45) is 26.5. The second-order valence-electron chi connectivity index (χ2n) is 31.0. The molecule has 18 heterocycles. The minimum Gasteiger partial charge on any atom is -0.497 e. The summed E-state index contributed by atoms with van der Waals surface area (Å²) in [5, 5.41) is 27.4. The van der Waals surface area contributed by atoms with Crippen molar-refractivity contribution in [1.82, 2.24) is 117 Å². The molecular weight excluding hydrogens is 1840 g/mol. The normalized spacial score (nSPS) is 11.1. The summed E-state index contributed by atoms with van der Waals surface area (Å²) in [6, 6.07) is 88.1. The van der Waals surface area contributed by atoms with E-state index in [-0.39, 0.29) is 5.75 Å². The van der Waals surface area contributed by atoms with Gasteiger partial charge in [0.1, 0.15) is 49.5 Å². The summed E-state index contributed by atoms with van der Waals surface area (Å²) in [4.78, 5) is 52.1. The van der Waals surface area contributed by atoms with Gasteiger partial charge in [-0.2, -0.15) is 30.6 Å². The fourth-order valence-corrected chi connectivity index (χ4v) is 16.5. The van der Waals surface area contributed by atoms with Crippen molar-refractivity contribution in [3.05, 3.63) is 423 Å². The average Bonchev–Trinajstić information content (AvgIpc) is 1.80. The van der Waals surface area contributed by atoms with E-state index in [9.17, 15) is 13.2 Å². The lowest BCUT2D eigenvalue weighted by atomic mass is 9.98. The third kappa shape index (κ3) is 21.0. The predicted octanol–water partition coefficient (Wildman–Crippen LogP) is 24.9. The Hall–Kier alpha value is -17.5. The molecule has 0 N–H and O–H groups in total. The molecule has 24 rings (SSSR count). The van der Waals surface area contributed by atoms with Gasteiger partial charge in [0, 0.05) is 190 Å². The molecule has 26 nitrogen and oxygen atoms in total. The van der Waals surface area contributed by atoms with Crippen molar-refractivity contribution in [3.8, 4) is 146 Å². The molecule has 0 aliphatic carbocycles. The first-order chi connectivity index (χ1) is 67.9. The molecule has 0 saturated heterocycles. The summed E-state index contributed by atoms with van der Waals surface area (Å²) in [5.41, 5.74) is 29.7. The van der Waals surface area contributed by atoms with Gasteiger partial charge >= 0.3 is 6.36 Å². The molecule has 0 fully saturated rings. The van der Waals surface area contributed by atoms with E-state index in [4.69, 9.17) is 51.1 Å². The molecule has 18 aromatic heterocycles. The van der Waals surface area contributed by atoms with E-state index in [1.807, 2.05) is 225 Å². The monoisotopic (exact) mass is 1910 g/mol. The first kappa shape index (κ1) is 90.6. The van der Waals surface area contributed by atoms with Gasteiger partial charge in [-0.1, -0.05) is 150 Å². The van der Waals surface area contributed by atoms with E-state index < -0.39 is 6.36 Å². The number of ether oxygens (including phenoxy) is 2. The van der Waals surface area contributed by atoms with Crippen LogP contribution in [0.15, 0.2) is 391 Å². The number of rotatable bonds is 14. The number of alkyl halides is 3. The summed E-state index contributed by atoms with van der Waals surface area (Å²) in [5.74, 6) is 0.518. The maximum atomic E-state index is 12.5. The highest BCUT2D eigenvalue weighted by Gasteiger charge is 2.31. The van der Waals surface area contributed by atoms with E-state index in [1.54, 1.807) is 108 Å². The van der Waals surface area contributed by atoms with Crippen LogP contribution in [0.1, 0.15) is 11.1 Å². The van der Waals surface area contributed by atoms with Crippen LogP contribution in [0.4, 0.5) is 13.2 Å². The van der Waals surface area contributed by atoms with Crippen LogP contribution in [0.3, 0.4) is 0 Å². The zero-order valence-electron chi connectivity index (χ0n) is 73.6. The molecule has 33 heteroatoms. The zero-order chi connectivity index (χ0) is 95.3. The van der Waals surface area contributed by atoms with Gasteiger partial charge in [0.2, 0.25) is 0 Å². The zero-order valence-corrected chi connectivity index (χ0v) is 76.7. The Bertz CT molecular complexity index is 8510. The number of hydrogen-bond donors (Lipinski definition) is 0. The molecule has 24 aromatic rings. The Morgan fingerprint density at radius 3 is 0.892 bits per heavy atom. The average molecular weight is 1910 g/mol. The number of aryl methyl sites for hydroxylation is 2. The van der Waals surface area contributed by atoms with Crippen LogP contribution in [0.2, 0.25) is 20.1 Å². The minimum absolute atomic E-state index is 0.293. The van der Waals surface area contributed by atoms with Crippen LogP contribution in [0, 0.1) is 13.8 Å². The number of aromatic nitrogens is 24. The van der Waals surface area contributed by atoms with Gasteiger partial charge in [-0.3, -0.25) is 29.9 Å². The third-order valence-corrected chi connectivity index (χ3v) is 23.2. The fourth-order valence-electron chi connectivity index (χ4n) is 15.5. The van der Waals surface area contributed by atoms with Gasteiger partial charge in [-0.15, -0.1) is 13.2 Å². The van der Waals surface area contributed by atoms with Crippen LogP contribution in [0.5, 0.6) is 11.5 Å². The van der Waals surface area contributed by atoms with Crippen molar-refractivity contribution in [1.29, 1.82) is 0 Å². The van der Waals surface area contributed by atoms with E-state index in [0.717, 1.165) is 157 Å². The van der Waals surface area contributed by atoms with Gasteiger partial charge in [-0.25, -0.2) is 57.0 Å². The molecule has 0 radical (unpaired) electrons. The molecule has 0 bridgehead atoms. The van der Waals surface area contributed by atoms with Crippen LogP contribution < -0.4 is 9.47 Å². The van der Waals surface area contributed by atoms with Crippen molar-refractivity contribution in [2.75, 3.05) is 7.11 Å². The Morgan fingerprint density at radius 2 is 0.547 bits per heavy atom. The first-order valence-electron chi connectivity index (χ1n) is 43.0. The molecular formula is C106H73Cl4F3N24O2. The number of methoxy groups -OCH3 is 1. The molecule has 0 aliphatic rings. The lowest BCUT2D eigenvalue weighted by molar-refractivity contribution is -0.274. The first-order valence-corrected chi connectivity index (χ1v) is 44.5. The Kier molecular flexibility index (Phi) is 26.8. The van der Waals surface area contributed by atoms with Gasteiger partial charge in [0.15, 0.2) is 33.9 Å². The Morgan fingerprint density at radius 1 is 0.237 bits per heavy atom. The smallest absolute Gasteiger partial charge is 0.497 e. The molecule has 0 aliphatic heterocycles. The van der Waals surface area contributed by atoms with Crippen molar-refractivity contribution >= 4 is 80.3 Å². The molecule has 0 amide bonds. The van der Waals surface area contributed by atoms with Crippen molar-refractivity contribution in [2.45, 2.75) is 20.2 Å². The van der Waals surface area contributed by atoms with E-state index >= 15 is 0 Å². The van der Waals surface area contributed by atoms with Gasteiger partial charge in [0.05, 0.1) is 46.3 Å².